The van der Waals surface area contributed by atoms with Gasteiger partial charge in [0.1, 0.15) is 11.6 Å². The molecule has 1 aromatic rings. The number of halogens is 1. The van der Waals surface area contributed by atoms with Crippen LogP contribution in [0.1, 0.15) is 24.2 Å². The second-order valence-corrected chi connectivity index (χ2v) is 4.04. The van der Waals surface area contributed by atoms with E-state index in [0.29, 0.717) is 31.7 Å². The molecule has 4 heteroatoms. The van der Waals surface area contributed by atoms with Crippen molar-refractivity contribution in [2.24, 2.45) is 0 Å². The quantitative estimate of drug-likeness (QED) is 0.872. The third kappa shape index (κ3) is 2.42. The largest absolute Gasteiger partial charge is 0.494 e. The van der Waals surface area contributed by atoms with E-state index in [9.17, 15) is 4.39 Å². The number of rotatable bonds is 4. The second-order valence-electron chi connectivity index (χ2n) is 4.04. The first-order chi connectivity index (χ1) is 8.27. The molecule has 0 radical (unpaired) electrons. The van der Waals surface area contributed by atoms with Crippen molar-refractivity contribution in [2.45, 2.75) is 19.4 Å². The Hall–Kier alpha value is -1.13. The van der Waals surface area contributed by atoms with Crippen molar-refractivity contribution in [3.63, 3.8) is 0 Å². The zero-order valence-corrected chi connectivity index (χ0v) is 10.3. The number of hydrogen-bond acceptors (Lipinski definition) is 3. The zero-order chi connectivity index (χ0) is 12.3. The van der Waals surface area contributed by atoms with Crippen LogP contribution in [0.2, 0.25) is 0 Å². The minimum Gasteiger partial charge on any atom is -0.494 e. The molecule has 0 bridgehead atoms. The highest BCUT2D eigenvalue weighted by Crippen LogP contribution is 2.35. The fraction of sp³-hybridized carbons (Fsp3) is 0.538. The summed E-state index contributed by atoms with van der Waals surface area (Å²) in [5, 5.41) is 3.02. The van der Waals surface area contributed by atoms with Crippen LogP contribution in [0.25, 0.3) is 0 Å². The Labute approximate surface area is 101 Å². The van der Waals surface area contributed by atoms with Gasteiger partial charge in [-0.15, -0.1) is 0 Å². The van der Waals surface area contributed by atoms with Gasteiger partial charge in [-0.3, -0.25) is 0 Å². The molecule has 0 aliphatic carbocycles. The van der Waals surface area contributed by atoms with Gasteiger partial charge in [-0.25, -0.2) is 4.39 Å². The molecule has 1 atom stereocenters. The van der Waals surface area contributed by atoms with Crippen LogP contribution < -0.4 is 10.1 Å². The first-order valence-corrected chi connectivity index (χ1v) is 5.98. The van der Waals surface area contributed by atoms with Crippen molar-refractivity contribution in [1.82, 2.24) is 5.32 Å². The maximum atomic E-state index is 13.9. The Morgan fingerprint density at radius 3 is 3.06 bits per heavy atom. The molecule has 0 spiro atoms. The summed E-state index contributed by atoms with van der Waals surface area (Å²) in [6.45, 7) is 3.75. The fourth-order valence-electron chi connectivity index (χ4n) is 2.25. The Kier molecular flexibility index (Phi) is 3.97. The highest BCUT2D eigenvalue weighted by Gasteiger charge is 2.26. The summed E-state index contributed by atoms with van der Waals surface area (Å²) < 4.78 is 25.0. The monoisotopic (exact) mass is 239 g/mol. The number of hydrogen-bond donors (Lipinski definition) is 1. The van der Waals surface area contributed by atoms with Gasteiger partial charge in [0.05, 0.1) is 19.3 Å². The highest BCUT2D eigenvalue weighted by molar-refractivity contribution is 5.43. The van der Waals surface area contributed by atoms with E-state index in [4.69, 9.17) is 9.47 Å². The lowest BCUT2D eigenvalue weighted by molar-refractivity contribution is 0.0400. The van der Waals surface area contributed by atoms with Crippen LogP contribution in [-0.2, 0) is 11.2 Å². The van der Waals surface area contributed by atoms with Crippen molar-refractivity contribution in [3.05, 3.63) is 29.1 Å². The third-order valence-electron chi connectivity index (χ3n) is 2.94. The smallest absolute Gasteiger partial charge is 0.129 e. The molecule has 1 heterocycles. The molecule has 1 N–H and O–H groups in total. The van der Waals surface area contributed by atoms with Crippen LogP contribution in [0.4, 0.5) is 4.39 Å². The molecule has 0 saturated carbocycles. The van der Waals surface area contributed by atoms with Crippen LogP contribution in [0.15, 0.2) is 12.1 Å². The first kappa shape index (κ1) is 12.3. The molecule has 0 fully saturated rings. The van der Waals surface area contributed by atoms with Gasteiger partial charge >= 0.3 is 0 Å². The van der Waals surface area contributed by atoms with Gasteiger partial charge in [0.25, 0.3) is 0 Å². The Bertz CT molecular complexity index is 395. The molecule has 1 aromatic carbocycles. The fourth-order valence-corrected chi connectivity index (χ4v) is 2.25. The molecular formula is C13H18FNO2. The van der Waals surface area contributed by atoms with Gasteiger partial charge < -0.3 is 14.8 Å². The molecule has 2 rings (SSSR count). The van der Waals surface area contributed by atoms with Gasteiger partial charge in [-0.05, 0) is 32.5 Å². The molecular weight excluding hydrogens is 221 g/mol. The third-order valence-corrected chi connectivity index (χ3v) is 2.94. The maximum absolute atomic E-state index is 13.9. The van der Waals surface area contributed by atoms with Gasteiger partial charge in [-0.1, -0.05) is 0 Å². The van der Waals surface area contributed by atoms with Crippen LogP contribution in [-0.4, -0.2) is 26.8 Å². The predicted molar refractivity (Wildman–Crippen MR) is 63.9 cm³/mol. The van der Waals surface area contributed by atoms with Gasteiger partial charge in [0.15, 0.2) is 0 Å². The predicted octanol–water partition coefficient (Wildman–Crippen LogP) is 2.06. The summed E-state index contributed by atoms with van der Waals surface area (Å²) in [4.78, 5) is 0. The topological polar surface area (TPSA) is 30.5 Å². The summed E-state index contributed by atoms with van der Waals surface area (Å²) in [6.07, 6.45) is 0.493. The Balaban J connectivity index is 2.41. The Morgan fingerprint density at radius 1 is 1.53 bits per heavy atom. The van der Waals surface area contributed by atoms with E-state index in [-0.39, 0.29) is 11.9 Å². The van der Waals surface area contributed by atoms with Crippen LogP contribution in [0.5, 0.6) is 5.75 Å². The van der Waals surface area contributed by atoms with E-state index >= 15 is 0 Å². The lowest BCUT2D eigenvalue weighted by Gasteiger charge is -2.27. The standard InChI is InChI=1S/C13H18FNO2/c1-3-16-11-5-4-10(14)13-9(11)6-7-17-12(13)8-15-2/h4-5,12,15H,3,6-8H2,1-2H3/t12-/m0/s1. The molecule has 3 nitrogen and oxygen atoms in total. The molecule has 0 aromatic heterocycles. The SMILES string of the molecule is CCOc1ccc(F)c2c1CCO[C@H]2CNC. The minimum absolute atomic E-state index is 0.205. The van der Waals surface area contributed by atoms with E-state index < -0.39 is 0 Å². The van der Waals surface area contributed by atoms with Crippen molar-refractivity contribution in [1.29, 1.82) is 0 Å². The lowest BCUT2D eigenvalue weighted by Crippen LogP contribution is -2.26. The van der Waals surface area contributed by atoms with Crippen molar-refractivity contribution < 1.29 is 13.9 Å². The molecule has 1 aliphatic heterocycles. The molecule has 0 unspecified atom stereocenters. The summed E-state index contributed by atoms with van der Waals surface area (Å²) in [6, 6.07) is 3.17. The summed E-state index contributed by atoms with van der Waals surface area (Å²) in [5.74, 6) is 0.580. The van der Waals surface area contributed by atoms with Crippen molar-refractivity contribution >= 4 is 0 Å². The number of benzene rings is 1. The second kappa shape index (κ2) is 5.47. The zero-order valence-electron chi connectivity index (χ0n) is 10.3. The molecule has 0 amide bonds. The molecule has 94 valence electrons. The number of likely N-dealkylation sites (N-methyl/N-ethyl adjacent to an activating group) is 1. The van der Waals surface area contributed by atoms with Crippen molar-refractivity contribution in [3.8, 4) is 5.75 Å². The summed E-state index contributed by atoms with van der Waals surface area (Å²) >= 11 is 0. The average molecular weight is 239 g/mol. The normalized spacial score (nSPS) is 18.9. The summed E-state index contributed by atoms with van der Waals surface area (Å²) in [7, 11) is 1.84. The Morgan fingerprint density at radius 2 is 2.35 bits per heavy atom. The van der Waals surface area contributed by atoms with E-state index in [1.54, 1.807) is 6.07 Å². The highest BCUT2D eigenvalue weighted by atomic mass is 19.1. The van der Waals surface area contributed by atoms with Gasteiger partial charge in [-0.2, -0.15) is 0 Å². The summed E-state index contributed by atoms with van der Waals surface area (Å²) in [5.41, 5.74) is 1.61. The van der Waals surface area contributed by atoms with Crippen LogP contribution in [0.3, 0.4) is 0 Å². The van der Waals surface area contributed by atoms with E-state index in [1.165, 1.54) is 6.07 Å². The number of fused-ring (bicyclic) bond motifs is 1. The van der Waals surface area contributed by atoms with Gasteiger partial charge in [0, 0.05) is 17.7 Å². The van der Waals surface area contributed by atoms with E-state index in [0.717, 1.165) is 11.3 Å². The molecule has 0 saturated heterocycles. The molecule has 1 aliphatic rings. The maximum Gasteiger partial charge on any atom is 0.129 e. The number of ether oxygens (including phenoxy) is 2. The lowest BCUT2D eigenvalue weighted by atomic mass is 9.96. The number of nitrogens with one attached hydrogen (secondary N) is 1. The average Bonchev–Trinajstić information content (AvgIpc) is 2.33. The van der Waals surface area contributed by atoms with Gasteiger partial charge in [0.2, 0.25) is 0 Å². The van der Waals surface area contributed by atoms with E-state index in [2.05, 4.69) is 5.32 Å². The minimum atomic E-state index is -0.218. The van der Waals surface area contributed by atoms with Crippen molar-refractivity contribution in [2.75, 3.05) is 26.8 Å². The van der Waals surface area contributed by atoms with E-state index in [1.807, 2.05) is 14.0 Å². The van der Waals surface area contributed by atoms with Crippen LogP contribution in [0, 0.1) is 5.82 Å². The first-order valence-electron chi connectivity index (χ1n) is 5.98. The van der Waals surface area contributed by atoms with Crippen LogP contribution >= 0.6 is 0 Å². The molecule has 17 heavy (non-hydrogen) atoms.